The Morgan fingerprint density at radius 3 is 2.67 bits per heavy atom. The summed E-state index contributed by atoms with van der Waals surface area (Å²) in [6, 6.07) is 10.2. The van der Waals surface area contributed by atoms with Gasteiger partial charge in [0.25, 0.3) is 0 Å². The largest absolute Gasteiger partial charge is 0.365 e. The summed E-state index contributed by atoms with van der Waals surface area (Å²) in [6.07, 6.45) is 3.40. The molecule has 1 saturated heterocycles. The van der Waals surface area contributed by atoms with Crippen LogP contribution in [-0.2, 0) is 0 Å². The Labute approximate surface area is 134 Å². The van der Waals surface area contributed by atoms with Gasteiger partial charge in [0.2, 0.25) is 0 Å². The Morgan fingerprint density at radius 1 is 1.29 bits per heavy atom. The molecular formula is C18H30N2S. The van der Waals surface area contributed by atoms with Gasteiger partial charge >= 0.3 is 0 Å². The maximum Gasteiger partial charge on any atom is 0.0438 e. The van der Waals surface area contributed by atoms with Crippen LogP contribution in [-0.4, -0.2) is 31.4 Å². The minimum absolute atomic E-state index is 0.588. The SMILES string of the molecule is CSc1cccc(N2CC(CC(C)C)NCC2C(C)C)c1. The molecule has 1 aromatic carbocycles. The van der Waals surface area contributed by atoms with Crippen molar-refractivity contribution in [1.29, 1.82) is 0 Å². The molecule has 1 aromatic rings. The van der Waals surface area contributed by atoms with Crippen LogP contribution >= 0.6 is 11.8 Å². The van der Waals surface area contributed by atoms with Crippen molar-refractivity contribution < 1.29 is 0 Å². The van der Waals surface area contributed by atoms with E-state index in [0.717, 1.165) is 19.0 Å². The number of rotatable bonds is 5. The summed E-state index contributed by atoms with van der Waals surface area (Å²) in [5.41, 5.74) is 1.39. The first-order chi connectivity index (χ1) is 10.0. The molecule has 2 nitrogen and oxygen atoms in total. The summed E-state index contributed by atoms with van der Waals surface area (Å²) in [7, 11) is 0. The number of anilines is 1. The van der Waals surface area contributed by atoms with Crippen LogP contribution in [0.15, 0.2) is 29.2 Å². The van der Waals surface area contributed by atoms with Crippen molar-refractivity contribution in [2.45, 2.75) is 51.1 Å². The Balaban J connectivity index is 2.20. The fourth-order valence-electron chi connectivity index (χ4n) is 3.24. The molecular weight excluding hydrogens is 276 g/mol. The number of benzene rings is 1. The van der Waals surface area contributed by atoms with Gasteiger partial charge in [0, 0.05) is 35.8 Å². The molecule has 1 N–H and O–H groups in total. The van der Waals surface area contributed by atoms with Gasteiger partial charge in [0.05, 0.1) is 0 Å². The van der Waals surface area contributed by atoms with Crippen molar-refractivity contribution in [3.8, 4) is 0 Å². The molecule has 0 aliphatic carbocycles. The van der Waals surface area contributed by atoms with Gasteiger partial charge in [-0.05, 0) is 42.7 Å². The molecule has 1 aliphatic rings. The number of nitrogens with zero attached hydrogens (tertiary/aromatic N) is 1. The van der Waals surface area contributed by atoms with E-state index in [1.807, 2.05) is 11.8 Å². The Hall–Kier alpha value is -0.670. The zero-order valence-electron chi connectivity index (χ0n) is 14.1. The van der Waals surface area contributed by atoms with Crippen LogP contribution < -0.4 is 10.2 Å². The highest BCUT2D eigenvalue weighted by molar-refractivity contribution is 7.98. The second kappa shape index (κ2) is 7.55. The van der Waals surface area contributed by atoms with Crippen LogP contribution in [0.3, 0.4) is 0 Å². The number of thioether (sulfide) groups is 1. The van der Waals surface area contributed by atoms with Crippen molar-refractivity contribution in [3.05, 3.63) is 24.3 Å². The number of nitrogens with one attached hydrogen (secondary N) is 1. The molecule has 0 aromatic heterocycles. The maximum absolute atomic E-state index is 3.76. The summed E-state index contributed by atoms with van der Waals surface area (Å²) in [5, 5.41) is 3.76. The lowest BCUT2D eigenvalue weighted by Crippen LogP contribution is -2.58. The lowest BCUT2D eigenvalue weighted by atomic mass is 9.94. The minimum atomic E-state index is 0.588. The first-order valence-electron chi connectivity index (χ1n) is 8.15. The summed E-state index contributed by atoms with van der Waals surface area (Å²) < 4.78 is 0. The topological polar surface area (TPSA) is 15.3 Å². The molecule has 118 valence electrons. The monoisotopic (exact) mass is 306 g/mol. The van der Waals surface area contributed by atoms with Crippen LogP contribution in [0.4, 0.5) is 5.69 Å². The van der Waals surface area contributed by atoms with E-state index in [2.05, 4.69) is 68.4 Å². The molecule has 0 amide bonds. The van der Waals surface area contributed by atoms with Gasteiger partial charge in [-0.2, -0.15) is 0 Å². The molecule has 0 radical (unpaired) electrons. The van der Waals surface area contributed by atoms with Gasteiger partial charge in [-0.3, -0.25) is 0 Å². The zero-order chi connectivity index (χ0) is 15.4. The van der Waals surface area contributed by atoms with E-state index in [9.17, 15) is 0 Å². The molecule has 1 aliphatic heterocycles. The standard InChI is InChI=1S/C18H30N2S/c1-13(2)9-15-12-20(18(11-19-15)14(3)4)16-7-6-8-17(10-16)21-5/h6-8,10,13-15,18-19H,9,11-12H2,1-5H3. The third-order valence-electron chi connectivity index (χ3n) is 4.34. The molecule has 2 atom stereocenters. The van der Waals surface area contributed by atoms with Gasteiger partial charge in [0.15, 0.2) is 0 Å². The van der Waals surface area contributed by atoms with Crippen molar-refractivity contribution in [2.75, 3.05) is 24.2 Å². The average molecular weight is 307 g/mol. The first kappa shape index (κ1) is 16.7. The number of hydrogen-bond donors (Lipinski definition) is 1. The molecule has 0 saturated carbocycles. The van der Waals surface area contributed by atoms with E-state index in [-0.39, 0.29) is 0 Å². The molecule has 2 rings (SSSR count). The Morgan fingerprint density at radius 2 is 2.05 bits per heavy atom. The third kappa shape index (κ3) is 4.40. The van der Waals surface area contributed by atoms with Crippen LogP contribution in [0, 0.1) is 11.8 Å². The lowest BCUT2D eigenvalue weighted by molar-refractivity contribution is 0.310. The summed E-state index contributed by atoms with van der Waals surface area (Å²) in [6.45, 7) is 11.5. The minimum Gasteiger partial charge on any atom is -0.365 e. The Bertz CT molecular complexity index is 445. The second-order valence-electron chi connectivity index (χ2n) is 6.90. The van der Waals surface area contributed by atoms with Crippen molar-refractivity contribution in [2.24, 2.45) is 11.8 Å². The van der Waals surface area contributed by atoms with Crippen LogP contribution in [0.1, 0.15) is 34.1 Å². The second-order valence-corrected chi connectivity index (χ2v) is 7.78. The average Bonchev–Trinajstić information content (AvgIpc) is 2.46. The van der Waals surface area contributed by atoms with Gasteiger partial charge in [-0.15, -0.1) is 11.8 Å². The maximum atomic E-state index is 3.76. The number of hydrogen-bond acceptors (Lipinski definition) is 3. The quantitative estimate of drug-likeness (QED) is 0.818. The van der Waals surface area contributed by atoms with Gasteiger partial charge in [0.1, 0.15) is 0 Å². The third-order valence-corrected chi connectivity index (χ3v) is 5.07. The Kier molecular flexibility index (Phi) is 6.00. The van der Waals surface area contributed by atoms with Crippen molar-refractivity contribution in [1.82, 2.24) is 5.32 Å². The van der Waals surface area contributed by atoms with Crippen LogP contribution in [0.2, 0.25) is 0 Å². The summed E-state index contributed by atoms with van der Waals surface area (Å²) >= 11 is 1.83. The predicted molar refractivity (Wildman–Crippen MR) is 95.4 cm³/mol. The predicted octanol–water partition coefficient (Wildman–Crippen LogP) is 4.26. The highest BCUT2D eigenvalue weighted by Gasteiger charge is 2.30. The smallest absolute Gasteiger partial charge is 0.0438 e. The van der Waals surface area contributed by atoms with Crippen molar-refractivity contribution >= 4 is 17.4 Å². The van der Waals surface area contributed by atoms with Gasteiger partial charge < -0.3 is 10.2 Å². The molecule has 0 bridgehead atoms. The van der Waals surface area contributed by atoms with Crippen LogP contribution in [0.25, 0.3) is 0 Å². The van der Waals surface area contributed by atoms with Crippen molar-refractivity contribution in [3.63, 3.8) is 0 Å². The molecule has 2 unspecified atom stereocenters. The highest BCUT2D eigenvalue weighted by atomic mass is 32.2. The van der Waals surface area contributed by atoms with Gasteiger partial charge in [-0.1, -0.05) is 33.8 Å². The van der Waals surface area contributed by atoms with Crippen LogP contribution in [0.5, 0.6) is 0 Å². The zero-order valence-corrected chi connectivity index (χ0v) is 14.9. The number of piperazine rings is 1. The lowest BCUT2D eigenvalue weighted by Gasteiger charge is -2.44. The van der Waals surface area contributed by atoms with E-state index < -0.39 is 0 Å². The van der Waals surface area contributed by atoms with E-state index in [0.29, 0.717) is 18.0 Å². The summed E-state index contributed by atoms with van der Waals surface area (Å²) in [4.78, 5) is 3.99. The molecule has 21 heavy (non-hydrogen) atoms. The fourth-order valence-corrected chi connectivity index (χ4v) is 3.70. The normalized spacial score (nSPS) is 23.1. The first-order valence-corrected chi connectivity index (χ1v) is 9.37. The fraction of sp³-hybridized carbons (Fsp3) is 0.667. The van der Waals surface area contributed by atoms with E-state index in [1.165, 1.54) is 17.0 Å². The van der Waals surface area contributed by atoms with Gasteiger partial charge in [-0.25, -0.2) is 0 Å². The molecule has 1 fully saturated rings. The highest BCUT2D eigenvalue weighted by Crippen LogP contribution is 2.28. The van der Waals surface area contributed by atoms with E-state index >= 15 is 0 Å². The molecule has 3 heteroatoms. The molecule has 1 heterocycles. The summed E-state index contributed by atoms with van der Waals surface area (Å²) in [5.74, 6) is 1.41. The van der Waals surface area contributed by atoms with E-state index in [4.69, 9.17) is 0 Å². The molecule has 0 spiro atoms. The van der Waals surface area contributed by atoms with E-state index in [1.54, 1.807) is 0 Å².